The zero-order valence-corrected chi connectivity index (χ0v) is 8.60. The van der Waals surface area contributed by atoms with Crippen molar-refractivity contribution >= 4 is 5.78 Å². The van der Waals surface area contributed by atoms with Crippen LogP contribution in [0.15, 0.2) is 24.5 Å². The van der Waals surface area contributed by atoms with Crippen molar-refractivity contribution in [3.05, 3.63) is 30.1 Å². The third kappa shape index (κ3) is 2.92. The maximum Gasteiger partial charge on any atom is 0.154 e. The molecule has 0 spiro atoms. The molecule has 1 rings (SSSR count). The van der Waals surface area contributed by atoms with Crippen LogP contribution < -0.4 is 5.73 Å². The molecule has 0 saturated carbocycles. The van der Waals surface area contributed by atoms with Gasteiger partial charge in [-0.1, -0.05) is 19.9 Å². The normalized spacial score (nSPS) is 12.9. The highest BCUT2D eigenvalue weighted by atomic mass is 16.1. The van der Waals surface area contributed by atoms with Gasteiger partial charge in [0, 0.05) is 18.8 Å². The zero-order valence-electron chi connectivity index (χ0n) is 8.60. The molecule has 0 radical (unpaired) electrons. The average Bonchev–Trinajstić information content (AvgIpc) is 2.18. The van der Waals surface area contributed by atoms with Crippen molar-refractivity contribution in [3.8, 4) is 0 Å². The van der Waals surface area contributed by atoms with Crippen molar-refractivity contribution < 1.29 is 4.79 Å². The number of Topliss-reactive ketones (excluding diaryl/α,β-unsaturated/α-hetero) is 1. The lowest BCUT2D eigenvalue weighted by atomic mass is 9.97. The molecule has 2 N–H and O–H groups in total. The van der Waals surface area contributed by atoms with Crippen LogP contribution in [0.2, 0.25) is 0 Å². The van der Waals surface area contributed by atoms with E-state index < -0.39 is 0 Å². The Morgan fingerprint density at radius 1 is 1.57 bits per heavy atom. The summed E-state index contributed by atoms with van der Waals surface area (Å²) >= 11 is 0. The number of nitrogens with two attached hydrogens (primary N) is 1. The van der Waals surface area contributed by atoms with Gasteiger partial charge in [0.15, 0.2) is 5.78 Å². The number of hydrogen-bond acceptors (Lipinski definition) is 3. The summed E-state index contributed by atoms with van der Waals surface area (Å²) in [4.78, 5) is 15.5. The summed E-state index contributed by atoms with van der Waals surface area (Å²) in [5, 5.41) is 0. The van der Waals surface area contributed by atoms with Gasteiger partial charge >= 0.3 is 0 Å². The Morgan fingerprint density at radius 3 is 2.79 bits per heavy atom. The lowest BCUT2D eigenvalue weighted by Gasteiger charge is -2.13. The molecule has 0 aliphatic rings. The van der Waals surface area contributed by atoms with Crippen LogP contribution in [0.25, 0.3) is 0 Å². The molecule has 0 aromatic carbocycles. The second-order valence-corrected chi connectivity index (χ2v) is 3.77. The molecule has 0 bridgehead atoms. The number of nitrogens with zero attached hydrogens (tertiary/aromatic N) is 1. The minimum absolute atomic E-state index is 0.0769. The van der Waals surface area contributed by atoms with Gasteiger partial charge in [-0.25, -0.2) is 0 Å². The van der Waals surface area contributed by atoms with Crippen LogP contribution in [0.4, 0.5) is 0 Å². The Balaban J connectivity index is 2.58. The predicted molar refractivity (Wildman–Crippen MR) is 55.8 cm³/mol. The van der Waals surface area contributed by atoms with E-state index in [9.17, 15) is 4.79 Å². The monoisotopic (exact) mass is 192 g/mol. The third-order valence-electron chi connectivity index (χ3n) is 2.19. The molecule has 1 aromatic heterocycles. The molecule has 1 aromatic rings. The number of rotatable bonds is 4. The fraction of sp³-hybridized carbons (Fsp3) is 0.455. The molecule has 1 unspecified atom stereocenters. The van der Waals surface area contributed by atoms with Gasteiger partial charge in [0.05, 0.1) is 6.04 Å². The van der Waals surface area contributed by atoms with Crippen LogP contribution in [-0.2, 0) is 11.2 Å². The summed E-state index contributed by atoms with van der Waals surface area (Å²) in [6.07, 6.45) is 3.77. The summed E-state index contributed by atoms with van der Waals surface area (Å²) in [6, 6.07) is 3.34. The molecule has 0 saturated heterocycles. The molecule has 0 aliphatic carbocycles. The van der Waals surface area contributed by atoms with Crippen molar-refractivity contribution in [2.24, 2.45) is 11.7 Å². The van der Waals surface area contributed by atoms with E-state index in [1.807, 2.05) is 26.0 Å². The average molecular weight is 192 g/mol. The first-order valence-corrected chi connectivity index (χ1v) is 4.78. The van der Waals surface area contributed by atoms with Gasteiger partial charge in [-0.05, 0) is 17.5 Å². The first-order valence-electron chi connectivity index (χ1n) is 4.78. The molecule has 0 amide bonds. The third-order valence-corrected chi connectivity index (χ3v) is 2.19. The van der Waals surface area contributed by atoms with Crippen LogP contribution >= 0.6 is 0 Å². The smallest absolute Gasteiger partial charge is 0.154 e. The van der Waals surface area contributed by atoms with Gasteiger partial charge in [0.2, 0.25) is 0 Å². The van der Waals surface area contributed by atoms with Crippen molar-refractivity contribution in [1.82, 2.24) is 4.98 Å². The molecule has 3 nitrogen and oxygen atoms in total. The first-order chi connectivity index (χ1) is 6.61. The van der Waals surface area contributed by atoms with Gasteiger partial charge in [-0.3, -0.25) is 9.78 Å². The standard InChI is InChI=1S/C11H16N2O/c1-8(2)11(12)10(14)6-9-4-3-5-13-7-9/h3-5,7-8,11H,6,12H2,1-2H3. The van der Waals surface area contributed by atoms with E-state index in [-0.39, 0.29) is 17.7 Å². The molecule has 0 fully saturated rings. The lowest BCUT2D eigenvalue weighted by molar-refractivity contribution is -0.120. The predicted octanol–water partition coefficient (Wildman–Crippen LogP) is 1.18. The highest BCUT2D eigenvalue weighted by Gasteiger charge is 2.16. The number of pyridine rings is 1. The van der Waals surface area contributed by atoms with Gasteiger partial charge in [0.25, 0.3) is 0 Å². The maximum atomic E-state index is 11.6. The quantitative estimate of drug-likeness (QED) is 0.779. The van der Waals surface area contributed by atoms with Crippen LogP contribution in [0.3, 0.4) is 0 Å². The molecular formula is C11H16N2O. The molecule has 1 atom stereocenters. The van der Waals surface area contributed by atoms with Crippen LogP contribution in [0.1, 0.15) is 19.4 Å². The maximum absolute atomic E-state index is 11.6. The number of ketones is 1. The molecule has 0 aliphatic heterocycles. The number of aromatic nitrogens is 1. The Bertz CT molecular complexity index is 295. The second kappa shape index (κ2) is 4.86. The van der Waals surface area contributed by atoms with Gasteiger partial charge < -0.3 is 5.73 Å². The largest absolute Gasteiger partial charge is 0.321 e. The Hall–Kier alpha value is -1.22. The number of carbonyl (C=O) groups is 1. The summed E-state index contributed by atoms with van der Waals surface area (Å²) in [5.41, 5.74) is 6.66. The molecule has 76 valence electrons. The minimum Gasteiger partial charge on any atom is -0.321 e. The topological polar surface area (TPSA) is 56.0 Å². The Kier molecular flexibility index (Phi) is 3.77. The van der Waals surface area contributed by atoms with Crippen LogP contribution in [0.5, 0.6) is 0 Å². The van der Waals surface area contributed by atoms with Crippen LogP contribution in [0, 0.1) is 5.92 Å². The Morgan fingerprint density at radius 2 is 2.29 bits per heavy atom. The highest BCUT2D eigenvalue weighted by Crippen LogP contribution is 2.05. The number of hydrogen-bond donors (Lipinski definition) is 1. The fourth-order valence-electron chi connectivity index (χ4n) is 1.19. The Labute approximate surface area is 84.3 Å². The van der Waals surface area contributed by atoms with Crippen molar-refractivity contribution in [2.45, 2.75) is 26.3 Å². The van der Waals surface area contributed by atoms with E-state index in [1.165, 1.54) is 0 Å². The summed E-state index contributed by atoms with van der Waals surface area (Å²) < 4.78 is 0. The lowest BCUT2D eigenvalue weighted by Crippen LogP contribution is -2.36. The minimum atomic E-state index is -0.366. The molecule has 1 heterocycles. The summed E-state index contributed by atoms with van der Waals surface area (Å²) in [5.74, 6) is 0.271. The molecule has 3 heteroatoms. The van der Waals surface area contributed by atoms with E-state index in [2.05, 4.69) is 4.98 Å². The van der Waals surface area contributed by atoms with E-state index in [1.54, 1.807) is 12.4 Å². The van der Waals surface area contributed by atoms with Gasteiger partial charge in [0.1, 0.15) is 0 Å². The van der Waals surface area contributed by atoms with Gasteiger partial charge in [-0.15, -0.1) is 0 Å². The second-order valence-electron chi connectivity index (χ2n) is 3.77. The zero-order chi connectivity index (χ0) is 10.6. The summed E-state index contributed by atoms with van der Waals surface area (Å²) in [7, 11) is 0. The van der Waals surface area contributed by atoms with E-state index in [0.29, 0.717) is 6.42 Å². The highest BCUT2D eigenvalue weighted by molar-refractivity contribution is 5.85. The molecule has 14 heavy (non-hydrogen) atoms. The van der Waals surface area contributed by atoms with Crippen molar-refractivity contribution in [2.75, 3.05) is 0 Å². The molecular weight excluding hydrogens is 176 g/mol. The van der Waals surface area contributed by atoms with Crippen molar-refractivity contribution in [1.29, 1.82) is 0 Å². The first kappa shape index (κ1) is 10.9. The van der Waals surface area contributed by atoms with E-state index in [0.717, 1.165) is 5.56 Å². The van der Waals surface area contributed by atoms with Crippen molar-refractivity contribution in [3.63, 3.8) is 0 Å². The summed E-state index contributed by atoms with van der Waals surface area (Å²) in [6.45, 7) is 3.90. The van der Waals surface area contributed by atoms with Crippen LogP contribution in [-0.4, -0.2) is 16.8 Å². The van der Waals surface area contributed by atoms with E-state index >= 15 is 0 Å². The van der Waals surface area contributed by atoms with Gasteiger partial charge in [-0.2, -0.15) is 0 Å². The number of carbonyl (C=O) groups excluding carboxylic acids is 1. The SMILES string of the molecule is CC(C)C(N)C(=O)Cc1cccnc1. The fourth-order valence-corrected chi connectivity index (χ4v) is 1.19. The van der Waals surface area contributed by atoms with E-state index in [4.69, 9.17) is 5.73 Å².